The number of aliphatic imine (C=N–C) groups is 1. The fraction of sp³-hybridized carbons (Fsp3) is 0.0833. The zero-order valence-corrected chi connectivity index (χ0v) is 9.50. The first-order valence-electron chi connectivity index (χ1n) is 5.29. The van der Waals surface area contributed by atoms with Gasteiger partial charge in [-0.15, -0.1) is 0 Å². The predicted molar refractivity (Wildman–Crippen MR) is 65.5 cm³/mol. The van der Waals surface area contributed by atoms with Crippen molar-refractivity contribution in [2.75, 3.05) is 0 Å². The van der Waals surface area contributed by atoms with E-state index in [4.69, 9.17) is 10.00 Å². The number of nitrogens with zero attached hydrogens (tertiary/aromatic N) is 3. The van der Waals surface area contributed by atoms with Crippen molar-refractivity contribution in [3.8, 4) is 11.9 Å². The normalized spacial score (nSPS) is 10.7. The molecule has 0 unspecified atom stereocenters. The van der Waals surface area contributed by atoms with E-state index in [0.717, 1.165) is 0 Å². The maximum atomic E-state index is 8.63. The molecule has 0 aliphatic rings. The minimum atomic E-state index is 0.139. The first-order chi connectivity index (χ1) is 8.88. The summed E-state index contributed by atoms with van der Waals surface area (Å²) in [6.45, 7) is 0.309. The van der Waals surface area contributed by atoms with Gasteiger partial charge in [-0.2, -0.15) is 5.26 Å². The molecule has 0 fully saturated rings. The molecule has 2 N–H and O–H groups in total. The zero-order chi connectivity index (χ0) is 12.6. The van der Waals surface area contributed by atoms with Gasteiger partial charge in [-0.3, -0.25) is 0 Å². The number of aromatic nitrogens is 2. The zero-order valence-electron chi connectivity index (χ0n) is 9.50. The highest BCUT2D eigenvalue weighted by molar-refractivity contribution is 5.77. The maximum Gasteiger partial charge on any atom is 0.304 e. The van der Waals surface area contributed by atoms with Crippen molar-refractivity contribution >= 4 is 6.02 Å². The van der Waals surface area contributed by atoms with E-state index >= 15 is 0 Å². The topological polar surface area (TPSA) is 86.1 Å². The number of aromatic amines is 1. The van der Waals surface area contributed by atoms with Crippen molar-refractivity contribution < 1.29 is 4.74 Å². The molecule has 2 rings (SSSR count). The van der Waals surface area contributed by atoms with Gasteiger partial charge >= 0.3 is 6.02 Å². The number of rotatable bonds is 3. The molecule has 0 aliphatic heterocycles. The number of ether oxygens (including phenoxy) is 1. The number of para-hydroxylation sites is 1. The van der Waals surface area contributed by atoms with Crippen LogP contribution >= 0.6 is 0 Å². The van der Waals surface area contributed by atoms with Crippen LogP contribution in [0.5, 0.6) is 5.75 Å². The summed E-state index contributed by atoms with van der Waals surface area (Å²) < 4.78 is 5.43. The fourth-order valence-electron chi connectivity index (χ4n) is 1.28. The van der Waals surface area contributed by atoms with Crippen LogP contribution in [0.15, 0.2) is 47.7 Å². The van der Waals surface area contributed by atoms with Gasteiger partial charge in [0.25, 0.3) is 0 Å². The van der Waals surface area contributed by atoms with E-state index in [2.05, 4.69) is 20.3 Å². The van der Waals surface area contributed by atoms with Crippen molar-refractivity contribution in [1.82, 2.24) is 15.3 Å². The Bertz CT molecular complexity index is 542. The minimum Gasteiger partial charge on any atom is -0.425 e. The summed E-state index contributed by atoms with van der Waals surface area (Å²) in [7, 11) is 0. The van der Waals surface area contributed by atoms with Crippen LogP contribution in [0, 0.1) is 11.5 Å². The summed E-state index contributed by atoms with van der Waals surface area (Å²) in [4.78, 5) is 11.1. The number of nitrogens with one attached hydrogen (secondary N) is 2. The molecule has 6 nitrogen and oxygen atoms in total. The second-order valence-electron chi connectivity index (χ2n) is 3.31. The number of imidazole rings is 1. The first kappa shape index (κ1) is 11.7. The first-order valence-corrected chi connectivity index (χ1v) is 5.29. The molecule has 1 heterocycles. The summed E-state index contributed by atoms with van der Waals surface area (Å²) >= 11 is 0. The van der Waals surface area contributed by atoms with Gasteiger partial charge in [0.15, 0.2) is 6.19 Å². The molecule has 1 aromatic heterocycles. The number of nitriles is 1. The van der Waals surface area contributed by atoms with E-state index < -0.39 is 0 Å². The van der Waals surface area contributed by atoms with Crippen LogP contribution in [0.4, 0.5) is 0 Å². The predicted octanol–water partition coefficient (Wildman–Crippen LogP) is 1.42. The molecule has 2 aromatic rings. The molecule has 90 valence electrons. The summed E-state index contributed by atoms with van der Waals surface area (Å²) in [6, 6.07) is 9.25. The van der Waals surface area contributed by atoms with Crippen LogP contribution in [0.3, 0.4) is 0 Å². The Labute approximate surface area is 104 Å². The lowest BCUT2D eigenvalue weighted by atomic mass is 10.3. The van der Waals surface area contributed by atoms with Crippen LogP contribution in [0.1, 0.15) is 5.82 Å². The van der Waals surface area contributed by atoms with Gasteiger partial charge in [0.2, 0.25) is 0 Å². The largest absolute Gasteiger partial charge is 0.425 e. The lowest BCUT2D eigenvalue weighted by Crippen LogP contribution is -2.24. The lowest BCUT2D eigenvalue weighted by Gasteiger charge is -2.05. The highest BCUT2D eigenvalue weighted by Gasteiger charge is 2.02. The lowest BCUT2D eigenvalue weighted by molar-refractivity contribution is 0.525. The van der Waals surface area contributed by atoms with E-state index in [1.165, 1.54) is 0 Å². The molecule has 18 heavy (non-hydrogen) atoms. The minimum absolute atomic E-state index is 0.139. The maximum absolute atomic E-state index is 8.63. The molecular formula is C12H11N5O. The molecule has 0 saturated heterocycles. The average molecular weight is 241 g/mol. The highest BCUT2D eigenvalue weighted by atomic mass is 16.5. The molecule has 0 atom stereocenters. The van der Waals surface area contributed by atoms with Crippen molar-refractivity contribution in [3.63, 3.8) is 0 Å². The fourth-order valence-corrected chi connectivity index (χ4v) is 1.28. The van der Waals surface area contributed by atoms with Gasteiger partial charge in [-0.1, -0.05) is 18.2 Å². The number of hydrogen-bond donors (Lipinski definition) is 2. The molecule has 0 aliphatic carbocycles. The summed E-state index contributed by atoms with van der Waals surface area (Å²) in [5.41, 5.74) is 0. The summed E-state index contributed by atoms with van der Waals surface area (Å²) in [6.07, 6.45) is 5.13. The third-order valence-corrected chi connectivity index (χ3v) is 2.05. The Balaban J connectivity index is 2.04. The third-order valence-electron chi connectivity index (χ3n) is 2.05. The van der Waals surface area contributed by atoms with Gasteiger partial charge in [-0.25, -0.2) is 15.3 Å². The smallest absolute Gasteiger partial charge is 0.304 e. The van der Waals surface area contributed by atoms with Crippen LogP contribution in [-0.2, 0) is 6.54 Å². The van der Waals surface area contributed by atoms with Crippen molar-refractivity contribution in [1.29, 1.82) is 5.26 Å². The Kier molecular flexibility index (Phi) is 3.93. The third kappa shape index (κ3) is 3.35. The number of benzene rings is 1. The molecule has 0 radical (unpaired) electrons. The molecule has 0 amide bonds. The standard InChI is InChI=1S/C12H11N5O/c13-9-17-12(16-8-11-14-6-7-15-11)18-10-4-2-1-3-5-10/h1-7H,8H2,(H,14,15)(H,16,17). The van der Waals surface area contributed by atoms with Crippen LogP contribution in [0.25, 0.3) is 0 Å². The number of hydrogen-bond acceptors (Lipinski definition) is 4. The van der Waals surface area contributed by atoms with E-state index in [1.54, 1.807) is 30.7 Å². The molecular weight excluding hydrogens is 230 g/mol. The van der Waals surface area contributed by atoms with E-state index in [9.17, 15) is 0 Å². The molecule has 6 heteroatoms. The second kappa shape index (κ2) is 6.06. The molecule has 0 spiro atoms. The Morgan fingerprint density at radius 1 is 1.44 bits per heavy atom. The van der Waals surface area contributed by atoms with E-state index in [0.29, 0.717) is 18.1 Å². The Hall–Kier alpha value is -2.81. The monoisotopic (exact) mass is 241 g/mol. The van der Waals surface area contributed by atoms with Gasteiger partial charge in [0.1, 0.15) is 18.1 Å². The second-order valence-corrected chi connectivity index (χ2v) is 3.31. The number of amidine groups is 1. The SMILES string of the molecule is N#CNC(=NCc1ncc[nH]1)Oc1ccccc1. The number of H-pyrrole nitrogens is 1. The highest BCUT2D eigenvalue weighted by Crippen LogP contribution is 2.08. The summed E-state index contributed by atoms with van der Waals surface area (Å²) in [5.74, 6) is 1.31. The van der Waals surface area contributed by atoms with Gasteiger partial charge in [-0.05, 0) is 12.1 Å². The van der Waals surface area contributed by atoms with Gasteiger partial charge < -0.3 is 9.72 Å². The van der Waals surface area contributed by atoms with Crippen LogP contribution in [0.2, 0.25) is 0 Å². The molecule has 0 saturated carbocycles. The average Bonchev–Trinajstić information content (AvgIpc) is 2.91. The molecule has 0 bridgehead atoms. The quantitative estimate of drug-likeness (QED) is 0.368. The van der Waals surface area contributed by atoms with Gasteiger partial charge in [0.05, 0.1) is 0 Å². The Morgan fingerprint density at radius 3 is 2.94 bits per heavy atom. The van der Waals surface area contributed by atoms with Crippen molar-refractivity contribution in [3.05, 3.63) is 48.5 Å². The van der Waals surface area contributed by atoms with Crippen molar-refractivity contribution in [2.45, 2.75) is 6.54 Å². The summed E-state index contributed by atoms with van der Waals surface area (Å²) in [5, 5.41) is 11.0. The van der Waals surface area contributed by atoms with Gasteiger partial charge in [0, 0.05) is 12.4 Å². The van der Waals surface area contributed by atoms with E-state index in [1.807, 2.05) is 18.2 Å². The Morgan fingerprint density at radius 2 is 2.28 bits per heavy atom. The van der Waals surface area contributed by atoms with Crippen molar-refractivity contribution in [2.24, 2.45) is 4.99 Å². The van der Waals surface area contributed by atoms with Crippen LogP contribution < -0.4 is 10.1 Å². The van der Waals surface area contributed by atoms with Crippen LogP contribution in [-0.4, -0.2) is 16.0 Å². The molecule has 1 aromatic carbocycles. The van der Waals surface area contributed by atoms with E-state index in [-0.39, 0.29) is 6.02 Å².